The first-order valence-electron chi connectivity index (χ1n) is 13.0. The maximum absolute atomic E-state index is 13.8. The normalized spacial score (nSPS) is 21.0. The van der Waals surface area contributed by atoms with Crippen LogP contribution in [0.1, 0.15) is 55.2 Å². The number of thioether (sulfide) groups is 1. The van der Waals surface area contributed by atoms with Gasteiger partial charge in [0.2, 0.25) is 0 Å². The van der Waals surface area contributed by atoms with Gasteiger partial charge in [0.05, 0.1) is 19.8 Å². The molecule has 0 radical (unpaired) electrons. The number of Topliss-reactive ketones (excluding diaryl/α,β-unsaturated/α-hetero) is 1. The highest BCUT2D eigenvalue weighted by Crippen LogP contribution is 2.48. The van der Waals surface area contributed by atoms with Gasteiger partial charge < -0.3 is 14.2 Å². The molecule has 0 fully saturated rings. The van der Waals surface area contributed by atoms with Crippen LogP contribution in [-0.2, 0) is 20.5 Å². The van der Waals surface area contributed by atoms with Crippen molar-refractivity contribution in [3.63, 3.8) is 0 Å². The topological polar surface area (TPSA) is 74.2 Å². The molecule has 214 valence electrons. The molecule has 0 saturated carbocycles. The van der Waals surface area contributed by atoms with Crippen LogP contribution in [0.2, 0.25) is 0 Å². The van der Waals surface area contributed by atoms with E-state index in [1.54, 1.807) is 31.9 Å². The second-order valence-electron chi connectivity index (χ2n) is 9.70. The van der Waals surface area contributed by atoms with Crippen molar-refractivity contribution in [3.05, 3.63) is 70.4 Å². The van der Waals surface area contributed by atoms with Crippen molar-refractivity contribution in [3.8, 4) is 11.5 Å². The summed E-state index contributed by atoms with van der Waals surface area (Å²) in [6.45, 7) is 3.91. The number of ether oxygens (including phenoxy) is 3. The lowest BCUT2D eigenvalue weighted by Gasteiger charge is -2.36. The number of rotatable bonds is 9. The van der Waals surface area contributed by atoms with Crippen molar-refractivity contribution < 1.29 is 37.0 Å². The first kappa shape index (κ1) is 29.7. The Morgan fingerprint density at radius 2 is 1.70 bits per heavy atom. The van der Waals surface area contributed by atoms with E-state index in [4.69, 9.17) is 19.2 Å². The van der Waals surface area contributed by atoms with Crippen LogP contribution < -0.4 is 9.47 Å². The number of aliphatic imine (C=N–C) groups is 1. The molecule has 40 heavy (non-hydrogen) atoms. The fourth-order valence-corrected chi connectivity index (χ4v) is 5.87. The molecule has 2 aromatic rings. The number of benzene rings is 2. The van der Waals surface area contributed by atoms with Gasteiger partial charge in [-0.3, -0.25) is 14.6 Å². The first-order valence-corrected chi connectivity index (χ1v) is 14.2. The van der Waals surface area contributed by atoms with Gasteiger partial charge in [0.25, 0.3) is 0 Å². The maximum Gasteiger partial charge on any atom is 0.416 e. The second kappa shape index (κ2) is 12.5. The minimum absolute atomic E-state index is 0.162. The average Bonchev–Trinajstić information content (AvgIpc) is 2.93. The summed E-state index contributed by atoms with van der Waals surface area (Å²) >= 11 is 1.63. The summed E-state index contributed by atoms with van der Waals surface area (Å²) < 4.78 is 56.2. The molecule has 2 aliphatic rings. The van der Waals surface area contributed by atoms with Crippen molar-refractivity contribution in [1.29, 1.82) is 0 Å². The standard InChI is InChI=1S/C30H32F3NO5S/c1-5-40-13-12-39-29(36)26-17(2)34-22-14-20(19-8-11-24(37-3)25(16-19)38-4)15-23(35)28(22)27(26)18-6-9-21(10-7-18)30(31,32)33/h6-11,16,20,26-27H,5,12-15H2,1-4H3/t20-,26?,27+/m1/s1. The third kappa shape index (κ3) is 6.22. The van der Waals surface area contributed by atoms with Gasteiger partial charge in [0, 0.05) is 35.1 Å². The van der Waals surface area contributed by atoms with Gasteiger partial charge in [-0.1, -0.05) is 25.1 Å². The molecule has 0 bridgehead atoms. The molecule has 1 unspecified atom stereocenters. The number of allylic oxidation sites excluding steroid dienone is 2. The Kier molecular flexibility index (Phi) is 9.28. The van der Waals surface area contributed by atoms with E-state index in [2.05, 4.69) is 0 Å². The number of nitrogens with zero attached hydrogens (tertiary/aromatic N) is 1. The number of hydrogen-bond donors (Lipinski definition) is 0. The number of hydrogen-bond acceptors (Lipinski definition) is 7. The summed E-state index contributed by atoms with van der Waals surface area (Å²) in [7, 11) is 3.08. The predicted octanol–water partition coefficient (Wildman–Crippen LogP) is 6.59. The van der Waals surface area contributed by atoms with E-state index < -0.39 is 29.5 Å². The minimum Gasteiger partial charge on any atom is -0.493 e. The summed E-state index contributed by atoms with van der Waals surface area (Å²) in [5.74, 6) is -0.0135. The third-order valence-corrected chi connectivity index (χ3v) is 8.16. The lowest BCUT2D eigenvalue weighted by molar-refractivity contribution is -0.146. The highest BCUT2D eigenvalue weighted by molar-refractivity contribution is 7.99. The summed E-state index contributed by atoms with van der Waals surface area (Å²) in [6.07, 6.45) is -3.91. The Balaban J connectivity index is 1.73. The summed E-state index contributed by atoms with van der Waals surface area (Å²) in [4.78, 5) is 31.8. The molecule has 0 amide bonds. The van der Waals surface area contributed by atoms with Crippen LogP contribution in [0.3, 0.4) is 0 Å². The molecule has 2 aromatic carbocycles. The van der Waals surface area contributed by atoms with Gasteiger partial charge in [-0.05, 0) is 60.4 Å². The molecule has 3 atom stereocenters. The van der Waals surface area contributed by atoms with Crippen molar-refractivity contribution in [1.82, 2.24) is 0 Å². The highest BCUT2D eigenvalue weighted by Gasteiger charge is 2.45. The molecule has 0 N–H and O–H groups in total. The summed E-state index contributed by atoms with van der Waals surface area (Å²) in [5, 5.41) is 0. The molecular weight excluding hydrogens is 543 g/mol. The van der Waals surface area contributed by atoms with Crippen LogP contribution in [0.15, 0.2) is 58.7 Å². The summed E-state index contributed by atoms with van der Waals surface area (Å²) in [5.41, 5.74) is 1.91. The SMILES string of the molecule is CCSCCOC(=O)C1C(C)=NC2=C(C(=O)C[C@H](c3ccc(OC)c(OC)c3)C2)[C@H]1c1ccc(C(F)(F)F)cc1. The zero-order valence-electron chi connectivity index (χ0n) is 22.8. The highest BCUT2D eigenvalue weighted by atomic mass is 32.2. The van der Waals surface area contributed by atoms with Crippen LogP contribution >= 0.6 is 11.8 Å². The quantitative estimate of drug-likeness (QED) is 0.248. The van der Waals surface area contributed by atoms with E-state index in [9.17, 15) is 22.8 Å². The number of halogens is 3. The van der Waals surface area contributed by atoms with Crippen molar-refractivity contribution >= 4 is 29.2 Å². The van der Waals surface area contributed by atoms with E-state index in [0.29, 0.717) is 46.2 Å². The Morgan fingerprint density at radius 3 is 2.33 bits per heavy atom. The van der Waals surface area contributed by atoms with E-state index in [-0.39, 0.29) is 24.7 Å². The number of methoxy groups -OCH3 is 2. The smallest absolute Gasteiger partial charge is 0.416 e. The number of ketones is 1. The lowest BCUT2D eigenvalue weighted by Crippen LogP contribution is -2.38. The molecule has 1 aliphatic carbocycles. The fourth-order valence-electron chi connectivity index (χ4n) is 5.38. The Bertz CT molecular complexity index is 1320. The van der Waals surface area contributed by atoms with E-state index in [1.807, 2.05) is 19.1 Å². The van der Waals surface area contributed by atoms with Crippen LogP contribution in [0, 0.1) is 5.92 Å². The predicted molar refractivity (Wildman–Crippen MR) is 148 cm³/mol. The lowest BCUT2D eigenvalue weighted by atomic mass is 9.69. The molecule has 0 spiro atoms. The number of esters is 1. The zero-order valence-corrected chi connectivity index (χ0v) is 23.7. The molecule has 1 heterocycles. The van der Waals surface area contributed by atoms with Crippen LogP contribution in [-0.4, -0.2) is 49.8 Å². The van der Waals surface area contributed by atoms with Crippen LogP contribution in [0.5, 0.6) is 11.5 Å². The van der Waals surface area contributed by atoms with Crippen LogP contribution in [0.4, 0.5) is 13.2 Å². The first-order chi connectivity index (χ1) is 19.1. The molecular formula is C30H32F3NO5S. The van der Waals surface area contributed by atoms with Gasteiger partial charge in [-0.25, -0.2) is 0 Å². The Labute approximate surface area is 236 Å². The van der Waals surface area contributed by atoms with Crippen molar-refractivity contribution in [2.45, 2.75) is 44.7 Å². The van der Waals surface area contributed by atoms with Crippen molar-refractivity contribution in [2.24, 2.45) is 10.9 Å². The molecule has 10 heteroatoms. The van der Waals surface area contributed by atoms with Gasteiger partial charge in [-0.15, -0.1) is 0 Å². The molecule has 6 nitrogen and oxygen atoms in total. The molecule has 0 aromatic heterocycles. The van der Waals surface area contributed by atoms with Crippen molar-refractivity contribution in [2.75, 3.05) is 32.3 Å². The van der Waals surface area contributed by atoms with E-state index in [1.165, 1.54) is 19.2 Å². The zero-order chi connectivity index (χ0) is 29.0. The molecule has 1 aliphatic heterocycles. The monoisotopic (exact) mass is 575 g/mol. The van der Waals surface area contributed by atoms with Crippen LogP contribution in [0.25, 0.3) is 0 Å². The largest absolute Gasteiger partial charge is 0.493 e. The van der Waals surface area contributed by atoms with Gasteiger partial charge >= 0.3 is 12.1 Å². The Morgan fingerprint density at radius 1 is 1.02 bits per heavy atom. The third-order valence-electron chi connectivity index (χ3n) is 7.29. The second-order valence-corrected chi connectivity index (χ2v) is 11.1. The number of carbonyl (C=O) groups excluding carboxylic acids is 2. The minimum atomic E-state index is -4.50. The fraction of sp³-hybridized carbons (Fsp3) is 0.433. The van der Waals surface area contributed by atoms with Gasteiger partial charge in [0.15, 0.2) is 17.3 Å². The van der Waals surface area contributed by atoms with Gasteiger partial charge in [-0.2, -0.15) is 24.9 Å². The number of alkyl halides is 3. The van der Waals surface area contributed by atoms with Gasteiger partial charge in [0.1, 0.15) is 12.5 Å². The Hall–Kier alpha value is -3.27. The summed E-state index contributed by atoms with van der Waals surface area (Å²) in [6, 6.07) is 10.2. The van der Waals surface area contributed by atoms with E-state index >= 15 is 0 Å². The average molecular weight is 576 g/mol. The molecule has 4 rings (SSSR count). The molecule has 0 saturated heterocycles. The maximum atomic E-state index is 13.8. The van der Waals surface area contributed by atoms with E-state index in [0.717, 1.165) is 23.4 Å². The number of carbonyl (C=O) groups is 2.